The maximum Gasteiger partial charge on any atom is 0.263 e. The van der Waals surface area contributed by atoms with Gasteiger partial charge in [0.05, 0.1) is 0 Å². The van der Waals surface area contributed by atoms with E-state index < -0.39 is 0 Å². The standard InChI is InChI=1S/C13H10BrN3OS/c1-2-11-16-10(14)7-12(17-11)19-13-15-8-5-3-4-6-9(8)18-13/h3-7H,2H2,1H3. The molecule has 0 N–H and O–H groups in total. The predicted octanol–water partition coefficient (Wildman–Crippen LogP) is 4.09. The van der Waals surface area contributed by atoms with Crippen molar-refractivity contribution >= 4 is 38.8 Å². The summed E-state index contributed by atoms with van der Waals surface area (Å²) < 4.78 is 6.44. The summed E-state index contributed by atoms with van der Waals surface area (Å²) in [4.78, 5) is 13.1. The second-order valence-electron chi connectivity index (χ2n) is 3.85. The van der Waals surface area contributed by atoms with Gasteiger partial charge in [-0.15, -0.1) is 0 Å². The van der Waals surface area contributed by atoms with Crippen molar-refractivity contribution in [3.63, 3.8) is 0 Å². The van der Waals surface area contributed by atoms with Crippen LogP contribution in [0, 0.1) is 0 Å². The zero-order valence-electron chi connectivity index (χ0n) is 10.1. The van der Waals surface area contributed by atoms with E-state index in [1.54, 1.807) is 0 Å². The van der Waals surface area contributed by atoms with E-state index in [-0.39, 0.29) is 0 Å². The molecule has 2 heterocycles. The van der Waals surface area contributed by atoms with Crippen LogP contribution in [0.5, 0.6) is 0 Å². The Labute approximate surface area is 122 Å². The zero-order valence-corrected chi connectivity index (χ0v) is 12.5. The second-order valence-corrected chi connectivity index (χ2v) is 5.63. The molecule has 19 heavy (non-hydrogen) atoms. The van der Waals surface area contributed by atoms with Crippen LogP contribution in [-0.2, 0) is 6.42 Å². The summed E-state index contributed by atoms with van der Waals surface area (Å²) in [7, 11) is 0. The van der Waals surface area contributed by atoms with Crippen molar-refractivity contribution in [1.29, 1.82) is 0 Å². The van der Waals surface area contributed by atoms with Gasteiger partial charge in [0, 0.05) is 12.5 Å². The lowest BCUT2D eigenvalue weighted by molar-refractivity contribution is 0.489. The van der Waals surface area contributed by atoms with Gasteiger partial charge in [-0.3, -0.25) is 0 Å². The summed E-state index contributed by atoms with van der Waals surface area (Å²) in [5.74, 6) is 0.799. The van der Waals surface area contributed by atoms with Crippen LogP contribution >= 0.6 is 27.7 Å². The van der Waals surface area contributed by atoms with Gasteiger partial charge in [0.25, 0.3) is 5.22 Å². The van der Waals surface area contributed by atoms with Crippen LogP contribution in [0.15, 0.2) is 49.6 Å². The Morgan fingerprint density at radius 1 is 1.21 bits per heavy atom. The average Bonchev–Trinajstić information content (AvgIpc) is 2.80. The Morgan fingerprint density at radius 2 is 2.05 bits per heavy atom. The van der Waals surface area contributed by atoms with Crippen LogP contribution in [0.1, 0.15) is 12.7 Å². The molecule has 0 fully saturated rings. The molecule has 3 rings (SSSR count). The number of aryl methyl sites for hydroxylation is 1. The summed E-state index contributed by atoms with van der Waals surface area (Å²) in [6.45, 7) is 2.02. The van der Waals surface area contributed by atoms with E-state index in [0.717, 1.165) is 33.0 Å². The van der Waals surface area contributed by atoms with Gasteiger partial charge in [-0.05, 0) is 39.8 Å². The summed E-state index contributed by atoms with van der Waals surface area (Å²) in [5.41, 5.74) is 1.64. The number of fused-ring (bicyclic) bond motifs is 1. The number of para-hydroxylation sites is 2. The molecule has 96 valence electrons. The molecule has 0 saturated heterocycles. The molecule has 0 aliphatic carbocycles. The monoisotopic (exact) mass is 335 g/mol. The number of benzene rings is 1. The first-order valence-corrected chi connectivity index (χ1v) is 7.42. The molecule has 0 atom stereocenters. The Kier molecular flexibility index (Phi) is 3.52. The average molecular weight is 336 g/mol. The number of hydrogen-bond donors (Lipinski definition) is 0. The summed E-state index contributed by atoms with van der Waals surface area (Å²) in [6, 6.07) is 9.56. The van der Waals surface area contributed by atoms with E-state index >= 15 is 0 Å². The Morgan fingerprint density at radius 3 is 2.84 bits per heavy atom. The highest BCUT2D eigenvalue weighted by molar-refractivity contribution is 9.10. The van der Waals surface area contributed by atoms with E-state index in [1.165, 1.54) is 11.8 Å². The number of aromatic nitrogens is 3. The first-order valence-electron chi connectivity index (χ1n) is 5.81. The molecule has 0 aliphatic heterocycles. The maximum absolute atomic E-state index is 5.66. The van der Waals surface area contributed by atoms with Crippen molar-refractivity contribution < 1.29 is 4.42 Å². The lowest BCUT2D eigenvalue weighted by Crippen LogP contribution is -1.94. The van der Waals surface area contributed by atoms with Crippen LogP contribution in [-0.4, -0.2) is 15.0 Å². The fourth-order valence-corrected chi connectivity index (χ4v) is 2.99. The van der Waals surface area contributed by atoms with Crippen LogP contribution in [0.25, 0.3) is 11.1 Å². The molecule has 0 saturated carbocycles. The highest BCUT2D eigenvalue weighted by Gasteiger charge is 2.09. The van der Waals surface area contributed by atoms with Gasteiger partial charge in [0.2, 0.25) is 0 Å². The third kappa shape index (κ3) is 2.79. The van der Waals surface area contributed by atoms with Gasteiger partial charge in [0.15, 0.2) is 5.58 Å². The van der Waals surface area contributed by atoms with Gasteiger partial charge in [-0.25, -0.2) is 15.0 Å². The normalized spacial score (nSPS) is 11.1. The molecule has 0 radical (unpaired) electrons. The van der Waals surface area contributed by atoms with Crippen molar-refractivity contribution in [2.45, 2.75) is 23.6 Å². The van der Waals surface area contributed by atoms with E-state index in [0.29, 0.717) is 5.22 Å². The van der Waals surface area contributed by atoms with Crippen LogP contribution in [0.3, 0.4) is 0 Å². The summed E-state index contributed by atoms with van der Waals surface area (Å²) in [5, 5.41) is 1.42. The highest BCUT2D eigenvalue weighted by atomic mass is 79.9. The molecule has 4 nitrogen and oxygen atoms in total. The van der Waals surface area contributed by atoms with Crippen LogP contribution < -0.4 is 0 Å². The minimum Gasteiger partial charge on any atom is -0.431 e. The number of rotatable bonds is 3. The van der Waals surface area contributed by atoms with Crippen molar-refractivity contribution in [1.82, 2.24) is 15.0 Å². The molecule has 1 aromatic carbocycles. The Balaban J connectivity index is 1.94. The quantitative estimate of drug-likeness (QED) is 0.674. The minimum absolute atomic E-state index is 0.592. The molecule has 6 heteroatoms. The van der Waals surface area contributed by atoms with Gasteiger partial charge >= 0.3 is 0 Å². The second kappa shape index (κ2) is 5.30. The molecule has 0 unspecified atom stereocenters. The molecule has 3 aromatic rings. The third-order valence-electron chi connectivity index (χ3n) is 2.50. The highest BCUT2D eigenvalue weighted by Crippen LogP contribution is 2.29. The fourth-order valence-electron chi connectivity index (χ4n) is 1.64. The van der Waals surface area contributed by atoms with Gasteiger partial charge < -0.3 is 4.42 Å². The van der Waals surface area contributed by atoms with E-state index in [1.807, 2.05) is 37.3 Å². The lowest BCUT2D eigenvalue weighted by Gasteiger charge is -2.00. The summed E-state index contributed by atoms with van der Waals surface area (Å²) >= 11 is 4.78. The van der Waals surface area contributed by atoms with Gasteiger partial charge in [-0.2, -0.15) is 0 Å². The van der Waals surface area contributed by atoms with Crippen LogP contribution in [0.2, 0.25) is 0 Å². The van der Waals surface area contributed by atoms with Crippen molar-refractivity contribution in [2.24, 2.45) is 0 Å². The Bertz CT molecular complexity index is 696. The number of halogens is 1. The molecule has 0 spiro atoms. The van der Waals surface area contributed by atoms with Gasteiger partial charge in [-0.1, -0.05) is 19.1 Å². The molecular formula is C13H10BrN3OS. The maximum atomic E-state index is 5.66. The number of nitrogens with zero attached hydrogens (tertiary/aromatic N) is 3. The van der Waals surface area contributed by atoms with Crippen molar-refractivity contribution in [3.05, 3.63) is 40.8 Å². The number of oxazole rings is 1. The first-order chi connectivity index (χ1) is 9.24. The lowest BCUT2D eigenvalue weighted by atomic mass is 10.3. The largest absolute Gasteiger partial charge is 0.431 e. The Hall–Kier alpha value is -1.40. The summed E-state index contributed by atoms with van der Waals surface area (Å²) in [6.07, 6.45) is 0.792. The predicted molar refractivity (Wildman–Crippen MR) is 77.2 cm³/mol. The van der Waals surface area contributed by atoms with E-state index in [4.69, 9.17) is 4.42 Å². The third-order valence-corrected chi connectivity index (χ3v) is 3.67. The zero-order chi connectivity index (χ0) is 13.2. The molecular weight excluding hydrogens is 326 g/mol. The molecule has 2 aromatic heterocycles. The van der Waals surface area contributed by atoms with Gasteiger partial charge in [0.1, 0.15) is 21.0 Å². The van der Waals surface area contributed by atoms with E-state index in [2.05, 4.69) is 30.9 Å². The van der Waals surface area contributed by atoms with Crippen molar-refractivity contribution in [3.8, 4) is 0 Å². The minimum atomic E-state index is 0.592. The molecule has 0 amide bonds. The topological polar surface area (TPSA) is 51.8 Å². The molecule has 0 bridgehead atoms. The molecule has 0 aliphatic rings. The van der Waals surface area contributed by atoms with Crippen LogP contribution in [0.4, 0.5) is 0 Å². The van der Waals surface area contributed by atoms with E-state index in [9.17, 15) is 0 Å². The number of hydrogen-bond acceptors (Lipinski definition) is 5. The fraction of sp³-hybridized carbons (Fsp3) is 0.154. The smallest absolute Gasteiger partial charge is 0.263 e. The first kappa shape index (κ1) is 12.6. The van der Waals surface area contributed by atoms with Crippen molar-refractivity contribution in [2.75, 3.05) is 0 Å². The SMILES string of the molecule is CCc1nc(Br)cc(Sc2nc3ccccc3o2)n1.